The first-order valence-corrected chi connectivity index (χ1v) is 12.9. The van der Waals surface area contributed by atoms with E-state index < -0.39 is 5.97 Å². The molecule has 0 bridgehead atoms. The minimum Gasteiger partial charge on any atom is -0.462 e. The van der Waals surface area contributed by atoms with E-state index in [4.69, 9.17) is 9.47 Å². The number of hydrogen-bond donors (Lipinski definition) is 0. The third kappa shape index (κ3) is 7.98. The molecule has 3 aromatic rings. The number of carbonyl (C=O) groups is 2. The lowest BCUT2D eigenvalue weighted by molar-refractivity contribution is -0.130. The second-order valence-electron chi connectivity index (χ2n) is 8.96. The fraction of sp³-hybridized carbons (Fsp3) is 0.355. The molecule has 0 saturated carbocycles. The van der Waals surface area contributed by atoms with Gasteiger partial charge in [-0.3, -0.25) is 4.79 Å². The summed E-state index contributed by atoms with van der Waals surface area (Å²) < 4.78 is 11.1. The van der Waals surface area contributed by atoms with Gasteiger partial charge >= 0.3 is 5.97 Å². The van der Waals surface area contributed by atoms with Crippen LogP contribution in [0.5, 0.6) is 11.5 Å². The number of ether oxygens (including phenoxy) is 2. The third-order valence-electron chi connectivity index (χ3n) is 6.06. The van der Waals surface area contributed by atoms with Crippen LogP contribution in [0.3, 0.4) is 0 Å². The Balaban J connectivity index is 1.62. The summed E-state index contributed by atoms with van der Waals surface area (Å²) in [6.07, 6.45) is 6.35. The zero-order valence-electron chi connectivity index (χ0n) is 21.7. The Hall–Kier alpha value is -3.60. The summed E-state index contributed by atoms with van der Waals surface area (Å²) in [6.45, 7) is 4.88. The van der Waals surface area contributed by atoms with Gasteiger partial charge in [0.2, 0.25) is 5.91 Å². The SMILES string of the molecule is CCCCCCCC(=O)N(C)Cc1cccc(-c2ccc(Oc3ccccc3C(=O)OCC)cc2)c1. The van der Waals surface area contributed by atoms with Crippen LogP contribution in [0.1, 0.15) is 68.3 Å². The fourth-order valence-corrected chi connectivity index (χ4v) is 4.06. The predicted octanol–water partition coefficient (Wildman–Crippen LogP) is 7.64. The highest BCUT2D eigenvalue weighted by atomic mass is 16.5. The van der Waals surface area contributed by atoms with Crippen molar-refractivity contribution in [3.8, 4) is 22.6 Å². The molecule has 0 aliphatic heterocycles. The molecule has 5 heteroatoms. The number of nitrogens with zero attached hydrogens (tertiary/aromatic N) is 1. The molecular formula is C31H37NO4. The van der Waals surface area contributed by atoms with Gasteiger partial charge < -0.3 is 14.4 Å². The Labute approximate surface area is 215 Å². The number of para-hydroxylation sites is 1. The van der Waals surface area contributed by atoms with Crippen LogP contribution >= 0.6 is 0 Å². The number of benzene rings is 3. The Morgan fingerprint density at radius 1 is 0.806 bits per heavy atom. The molecule has 0 fully saturated rings. The summed E-state index contributed by atoms with van der Waals surface area (Å²) in [5.41, 5.74) is 3.62. The summed E-state index contributed by atoms with van der Waals surface area (Å²) in [6, 6.07) is 23.1. The molecule has 5 nitrogen and oxygen atoms in total. The van der Waals surface area contributed by atoms with E-state index >= 15 is 0 Å². The highest BCUT2D eigenvalue weighted by Crippen LogP contribution is 2.29. The molecule has 3 aromatic carbocycles. The smallest absolute Gasteiger partial charge is 0.341 e. The summed E-state index contributed by atoms with van der Waals surface area (Å²) >= 11 is 0. The van der Waals surface area contributed by atoms with Gasteiger partial charge in [-0.05, 0) is 60.4 Å². The van der Waals surface area contributed by atoms with E-state index in [1.54, 1.807) is 25.1 Å². The lowest BCUT2D eigenvalue weighted by Crippen LogP contribution is -2.25. The zero-order chi connectivity index (χ0) is 25.8. The van der Waals surface area contributed by atoms with Crippen molar-refractivity contribution in [3.05, 3.63) is 83.9 Å². The Morgan fingerprint density at radius 2 is 1.56 bits per heavy atom. The fourth-order valence-electron chi connectivity index (χ4n) is 4.06. The van der Waals surface area contributed by atoms with Gasteiger partial charge in [0.1, 0.15) is 17.1 Å². The van der Waals surface area contributed by atoms with Crippen molar-refractivity contribution in [2.45, 2.75) is 58.9 Å². The van der Waals surface area contributed by atoms with Crippen LogP contribution in [0.15, 0.2) is 72.8 Å². The molecule has 0 radical (unpaired) electrons. The van der Waals surface area contributed by atoms with Gasteiger partial charge in [0, 0.05) is 20.0 Å². The van der Waals surface area contributed by atoms with E-state index in [0.717, 1.165) is 29.5 Å². The number of esters is 1. The maximum absolute atomic E-state index is 12.5. The molecule has 0 aliphatic rings. The lowest BCUT2D eigenvalue weighted by atomic mass is 10.0. The molecule has 0 N–H and O–H groups in total. The molecule has 0 aromatic heterocycles. The average Bonchev–Trinajstić information content (AvgIpc) is 2.89. The maximum atomic E-state index is 12.5. The Morgan fingerprint density at radius 3 is 2.31 bits per heavy atom. The van der Waals surface area contributed by atoms with Crippen LogP contribution in [0, 0.1) is 0 Å². The van der Waals surface area contributed by atoms with Gasteiger partial charge in [-0.1, -0.05) is 75.1 Å². The second-order valence-corrected chi connectivity index (χ2v) is 8.96. The Kier molecular flexibility index (Phi) is 10.6. The highest BCUT2D eigenvalue weighted by molar-refractivity contribution is 5.92. The quantitative estimate of drug-likeness (QED) is 0.184. The topological polar surface area (TPSA) is 55.8 Å². The molecule has 0 spiro atoms. The number of amides is 1. The monoisotopic (exact) mass is 487 g/mol. The van der Waals surface area contributed by atoms with Crippen LogP contribution < -0.4 is 4.74 Å². The van der Waals surface area contributed by atoms with Crippen molar-refractivity contribution in [1.82, 2.24) is 4.90 Å². The normalized spacial score (nSPS) is 10.6. The molecule has 36 heavy (non-hydrogen) atoms. The van der Waals surface area contributed by atoms with E-state index in [1.165, 1.54) is 19.3 Å². The number of rotatable bonds is 13. The Bertz CT molecular complexity index is 1120. The zero-order valence-corrected chi connectivity index (χ0v) is 21.7. The second kappa shape index (κ2) is 14.1. The summed E-state index contributed by atoms with van der Waals surface area (Å²) in [5, 5.41) is 0. The van der Waals surface area contributed by atoms with Gasteiger partial charge in [0.05, 0.1) is 6.61 Å². The van der Waals surface area contributed by atoms with E-state index in [0.29, 0.717) is 36.6 Å². The van der Waals surface area contributed by atoms with Crippen molar-refractivity contribution in [3.63, 3.8) is 0 Å². The van der Waals surface area contributed by atoms with Crippen molar-refractivity contribution >= 4 is 11.9 Å². The van der Waals surface area contributed by atoms with Gasteiger partial charge in [-0.2, -0.15) is 0 Å². The first-order valence-electron chi connectivity index (χ1n) is 12.9. The summed E-state index contributed by atoms with van der Waals surface area (Å²) in [5.74, 6) is 0.891. The minimum atomic E-state index is -0.401. The highest BCUT2D eigenvalue weighted by Gasteiger charge is 2.14. The average molecular weight is 488 g/mol. The van der Waals surface area contributed by atoms with Crippen LogP contribution in [0.2, 0.25) is 0 Å². The van der Waals surface area contributed by atoms with E-state index in [9.17, 15) is 9.59 Å². The van der Waals surface area contributed by atoms with Crippen molar-refractivity contribution in [2.24, 2.45) is 0 Å². The first kappa shape index (κ1) is 27.0. The standard InChI is InChI=1S/C31H37NO4/c1-4-6-7-8-9-17-30(33)32(3)23-24-13-12-14-26(22-24)25-18-20-27(21-19-25)36-29-16-11-10-15-28(29)31(34)35-5-2/h10-16,18-22H,4-9,17,23H2,1-3H3. The van der Waals surface area contributed by atoms with Gasteiger partial charge in [0.15, 0.2) is 0 Å². The molecule has 0 heterocycles. The van der Waals surface area contributed by atoms with E-state index in [1.807, 2.05) is 48.3 Å². The van der Waals surface area contributed by atoms with Crippen LogP contribution in [0.25, 0.3) is 11.1 Å². The minimum absolute atomic E-state index is 0.196. The molecule has 1 amide bonds. The van der Waals surface area contributed by atoms with Crippen molar-refractivity contribution in [1.29, 1.82) is 0 Å². The van der Waals surface area contributed by atoms with Crippen molar-refractivity contribution < 1.29 is 19.1 Å². The molecular weight excluding hydrogens is 450 g/mol. The van der Waals surface area contributed by atoms with Gasteiger partial charge in [-0.25, -0.2) is 4.79 Å². The van der Waals surface area contributed by atoms with Crippen LogP contribution in [0.4, 0.5) is 0 Å². The number of hydrogen-bond acceptors (Lipinski definition) is 4. The molecule has 0 aliphatic carbocycles. The first-order chi connectivity index (χ1) is 17.5. The molecule has 3 rings (SSSR count). The van der Waals surface area contributed by atoms with Crippen LogP contribution in [-0.2, 0) is 16.1 Å². The number of carbonyl (C=O) groups excluding carboxylic acids is 2. The molecule has 0 atom stereocenters. The van der Waals surface area contributed by atoms with Crippen LogP contribution in [-0.4, -0.2) is 30.4 Å². The molecule has 190 valence electrons. The van der Waals surface area contributed by atoms with Crippen molar-refractivity contribution in [2.75, 3.05) is 13.7 Å². The van der Waals surface area contributed by atoms with E-state index in [-0.39, 0.29) is 5.91 Å². The van der Waals surface area contributed by atoms with Gasteiger partial charge in [-0.15, -0.1) is 0 Å². The summed E-state index contributed by atoms with van der Waals surface area (Å²) in [7, 11) is 1.88. The molecule has 0 unspecified atom stereocenters. The maximum Gasteiger partial charge on any atom is 0.341 e. The third-order valence-corrected chi connectivity index (χ3v) is 6.06. The summed E-state index contributed by atoms with van der Waals surface area (Å²) in [4.78, 5) is 26.5. The number of unbranched alkanes of at least 4 members (excludes halogenated alkanes) is 4. The largest absolute Gasteiger partial charge is 0.462 e. The molecule has 0 saturated heterocycles. The predicted molar refractivity (Wildman–Crippen MR) is 144 cm³/mol. The lowest BCUT2D eigenvalue weighted by Gasteiger charge is -2.18. The van der Waals surface area contributed by atoms with E-state index in [2.05, 4.69) is 25.1 Å². The van der Waals surface area contributed by atoms with Gasteiger partial charge in [0.25, 0.3) is 0 Å².